The number of hydrogen-bond donors (Lipinski definition) is 1. The monoisotopic (exact) mass is 368 g/mol. The number of anilines is 1. The molecule has 1 amide bonds. The first-order valence-corrected chi connectivity index (χ1v) is 10.2. The van der Waals surface area contributed by atoms with E-state index in [9.17, 15) is 15.2 Å². The molecule has 1 unspecified atom stereocenters. The zero-order valence-electron chi connectivity index (χ0n) is 15.9. The van der Waals surface area contributed by atoms with E-state index < -0.39 is 0 Å². The van der Waals surface area contributed by atoms with E-state index >= 15 is 0 Å². The summed E-state index contributed by atoms with van der Waals surface area (Å²) in [6, 6.07) is 4.42. The molecule has 3 heterocycles. The van der Waals surface area contributed by atoms with Crippen LogP contribution in [-0.2, 0) is 17.6 Å². The third kappa shape index (κ3) is 3.53. The second kappa shape index (κ2) is 7.47. The number of amides is 1. The van der Waals surface area contributed by atoms with Crippen LogP contribution in [0.2, 0.25) is 0 Å². The van der Waals surface area contributed by atoms with Gasteiger partial charge in [0.15, 0.2) is 0 Å². The molecule has 3 aliphatic rings. The number of nitriles is 1. The minimum absolute atomic E-state index is 0.0104. The molecule has 0 bridgehead atoms. The predicted molar refractivity (Wildman–Crippen MR) is 102 cm³/mol. The van der Waals surface area contributed by atoms with Crippen molar-refractivity contribution in [1.29, 1.82) is 5.26 Å². The molecule has 6 heteroatoms. The molecule has 1 N–H and O–H groups in total. The number of aliphatic hydroxyl groups excluding tert-OH is 1. The van der Waals surface area contributed by atoms with Crippen LogP contribution >= 0.6 is 0 Å². The van der Waals surface area contributed by atoms with E-state index in [0.29, 0.717) is 25.1 Å². The van der Waals surface area contributed by atoms with Crippen LogP contribution < -0.4 is 4.90 Å². The van der Waals surface area contributed by atoms with E-state index in [0.717, 1.165) is 56.7 Å². The number of β-amino-alcohol motifs (C(OH)–C–C–N with tert-alkyl or cyclic N) is 1. The van der Waals surface area contributed by atoms with Gasteiger partial charge in [-0.25, -0.2) is 4.98 Å². The van der Waals surface area contributed by atoms with Crippen molar-refractivity contribution in [3.8, 4) is 6.07 Å². The molecule has 144 valence electrons. The summed E-state index contributed by atoms with van der Waals surface area (Å²) in [6.45, 7) is 2.88. The van der Waals surface area contributed by atoms with Crippen molar-refractivity contribution < 1.29 is 9.90 Å². The highest BCUT2D eigenvalue weighted by molar-refractivity contribution is 5.77. The third-order valence-corrected chi connectivity index (χ3v) is 6.48. The molecule has 4 rings (SSSR count). The fourth-order valence-corrected chi connectivity index (χ4v) is 5.09. The van der Waals surface area contributed by atoms with Gasteiger partial charge in [-0.05, 0) is 56.6 Å². The number of carbonyl (C=O) groups is 1. The third-order valence-electron chi connectivity index (χ3n) is 6.48. The Kier molecular flexibility index (Phi) is 5.05. The zero-order chi connectivity index (χ0) is 18.9. The standard InChI is InChI=1S/C21H28N4O2/c22-13-17-12-16-4-1-2-5-18(16)23-20(17)25-9-3-7-21(15-25)8-6-19(27)24(14-21)10-11-26/h12,26H,1-11,14-15H2. The topological polar surface area (TPSA) is 80.5 Å². The van der Waals surface area contributed by atoms with E-state index in [1.54, 1.807) is 0 Å². The van der Waals surface area contributed by atoms with Crippen LogP contribution in [0, 0.1) is 16.7 Å². The normalized spacial score (nSPS) is 25.4. The van der Waals surface area contributed by atoms with Crippen molar-refractivity contribution in [2.24, 2.45) is 5.41 Å². The number of fused-ring (bicyclic) bond motifs is 1. The minimum atomic E-state index is 0.0104. The zero-order valence-corrected chi connectivity index (χ0v) is 15.9. The Morgan fingerprint density at radius 3 is 2.85 bits per heavy atom. The van der Waals surface area contributed by atoms with Crippen molar-refractivity contribution in [3.63, 3.8) is 0 Å². The van der Waals surface area contributed by atoms with E-state index in [1.165, 1.54) is 18.4 Å². The number of carbonyl (C=O) groups excluding carboxylic acids is 1. The maximum Gasteiger partial charge on any atom is 0.222 e. The number of aryl methyl sites for hydroxylation is 2. The molecule has 1 atom stereocenters. The average molecular weight is 368 g/mol. The molecule has 2 fully saturated rings. The highest BCUT2D eigenvalue weighted by atomic mass is 16.3. The number of piperidine rings is 2. The van der Waals surface area contributed by atoms with Crippen molar-refractivity contribution in [3.05, 3.63) is 22.9 Å². The van der Waals surface area contributed by atoms with Gasteiger partial charge in [-0.3, -0.25) is 4.79 Å². The lowest BCUT2D eigenvalue weighted by atomic mass is 9.73. The van der Waals surface area contributed by atoms with Crippen LogP contribution in [0.25, 0.3) is 0 Å². The van der Waals surface area contributed by atoms with Crippen LogP contribution in [0.1, 0.15) is 55.3 Å². The summed E-state index contributed by atoms with van der Waals surface area (Å²) in [7, 11) is 0. The SMILES string of the molecule is N#Cc1cc2c(nc1N1CCCC3(CCC(=O)N(CCO)C3)C1)CCCC2. The predicted octanol–water partition coefficient (Wildman–Crippen LogP) is 2.03. The van der Waals surface area contributed by atoms with Gasteiger partial charge in [-0.1, -0.05) is 0 Å². The van der Waals surface area contributed by atoms with E-state index in [4.69, 9.17) is 4.98 Å². The molecule has 2 aliphatic heterocycles. The maximum atomic E-state index is 12.2. The molecule has 1 aromatic rings. The second-order valence-corrected chi connectivity index (χ2v) is 8.35. The van der Waals surface area contributed by atoms with Gasteiger partial charge in [-0.2, -0.15) is 5.26 Å². The minimum Gasteiger partial charge on any atom is -0.395 e. The van der Waals surface area contributed by atoms with Crippen LogP contribution in [0.5, 0.6) is 0 Å². The highest BCUT2D eigenvalue weighted by Crippen LogP contribution is 2.40. The summed E-state index contributed by atoms with van der Waals surface area (Å²) >= 11 is 0. The molecule has 2 saturated heterocycles. The van der Waals surface area contributed by atoms with Gasteiger partial charge in [0, 0.05) is 43.7 Å². The number of aliphatic hydroxyl groups is 1. The summed E-state index contributed by atoms with van der Waals surface area (Å²) in [6.07, 6.45) is 7.96. The van der Waals surface area contributed by atoms with Crippen molar-refractivity contribution in [2.45, 2.75) is 51.4 Å². The summed E-state index contributed by atoms with van der Waals surface area (Å²) in [5, 5.41) is 19.0. The van der Waals surface area contributed by atoms with Crippen molar-refractivity contribution in [2.75, 3.05) is 37.7 Å². The van der Waals surface area contributed by atoms with Crippen LogP contribution in [0.15, 0.2) is 6.07 Å². The van der Waals surface area contributed by atoms with Crippen LogP contribution in [0.3, 0.4) is 0 Å². The van der Waals surface area contributed by atoms with Gasteiger partial charge in [0.1, 0.15) is 11.9 Å². The highest BCUT2D eigenvalue weighted by Gasteiger charge is 2.42. The fourth-order valence-electron chi connectivity index (χ4n) is 5.09. The first kappa shape index (κ1) is 18.2. The molecule has 6 nitrogen and oxygen atoms in total. The number of pyridine rings is 1. The molecular weight excluding hydrogens is 340 g/mol. The van der Waals surface area contributed by atoms with Gasteiger partial charge in [0.25, 0.3) is 0 Å². The van der Waals surface area contributed by atoms with Gasteiger partial charge in [0.05, 0.1) is 12.2 Å². The molecule has 1 spiro atoms. The number of rotatable bonds is 3. The van der Waals surface area contributed by atoms with Gasteiger partial charge < -0.3 is 14.9 Å². The molecule has 1 aliphatic carbocycles. The lowest BCUT2D eigenvalue weighted by Crippen LogP contribution is -2.54. The Bertz CT molecular complexity index is 772. The van der Waals surface area contributed by atoms with Crippen molar-refractivity contribution in [1.82, 2.24) is 9.88 Å². The number of aromatic nitrogens is 1. The molecular formula is C21H28N4O2. The quantitative estimate of drug-likeness (QED) is 0.883. The summed E-state index contributed by atoms with van der Waals surface area (Å²) in [5.74, 6) is 0.985. The molecule has 27 heavy (non-hydrogen) atoms. The summed E-state index contributed by atoms with van der Waals surface area (Å²) in [5.41, 5.74) is 3.14. The second-order valence-electron chi connectivity index (χ2n) is 8.35. The first-order valence-electron chi connectivity index (χ1n) is 10.2. The molecule has 1 aromatic heterocycles. The van der Waals surface area contributed by atoms with Crippen LogP contribution in [-0.4, -0.2) is 53.7 Å². The lowest BCUT2D eigenvalue weighted by Gasteiger charge is -2.48. The van der Waals surface area contributed by atoms with E-state index in [2.05, 4.69) is 17.0 Å². The first-order chi connectivity index (χ1) is 13.1. The lowest BCUT2D eigenvalue weighted by molar-refractivity contribution is -0.138. The number of likely N-dealkylation sites (tertiary alicyclic amines) is 1. The Morgan fingerprint density at radius 1 is 1.19 bits per heavy atom. The van der Waals surface area contributed by atoms with Crippen molar-refractivity contribution >= 4 is 11.7 Å². The molecule has 0 radical (unpaired) electrons. The Hall–Kier alpha value is -2.13. The summed E-state index contributed by atoms with van der Waals surface area (Å²) in [4.78, 5) is 21.2. The average Bonchev–Trinajstić information content (AvgIpc) is 2.70. The summed E-state index contributed by atoms with van der Waals surface area (Å²) < 4.78 is 0. The van der Waals surface area contributed by atoms with Gasteiger partial charge in [0.2, 0.25) is 5.91 Å². The largest absolute Gasteiger partial charge is 0.395 e. The van der Waals surface area contributed by atoms with E-state index in [-0.39, 0.29) is 17.9 Å². The Balaban J connectivity index is 1.60. The van der Waals surface area contributed by atoms with Crippen LogP contribution in [0.4, 0.5) is 5.82 Å². The molecule has 0 aromatic carbocycles. The maximum absolute atomic E-state index is 12.2. The fraction of sp³-hybridized carbons (Fsp3) is 0.667. The number of nitrogens with zero attached hydrogens (tertiary/aromatic N) is 4. The Morgan fingerprint density at radius 2 is 2.04 bits per heavy atom. The van der Waals surface area contributed by atoms with Gasteiger partial charge >= 0.3 is 0 Å². The number of hydrogen-bond acceptors (Lipinski definition) is 5. The molecule has 0 saturated carbocycles. The van der Waals surface area contributed by atoms with E-state index in [1.807, 2.05) is 4.90 Å². The van der Waals surface area contributed by atoms with Gasteiger partial charge in [-0.15, -0.1) is 0 Å². The Labute approximate surface area is 160 Å². The smallest absolute Gasteiger partial charge is 0.222 e.